The summed E-state index contributed by atoms with van der Waals surface area (Å²) in [7, 11) is 1.65. The summed E-state index contributed by atoms with van der Waals surface area (Å²) >= 11 is 0. The van der Waals surface area contributed by atoms with Crippen molar-refractivity contribution in [1.82, 2.24) is 9.97 Å². The van der Waals surface area contributed by atoms with Gasteiger partial charge in [0.25, 0.3) is 0 Å². The van der Waals surface area contributed by atoms with Crippen LogP contribution in [0.4, 0.5) is 31.8 Å². The fraction of sp³-hybridized carbons (Fsp3) is 0.238. The van der Waals surface area contributed by atoms with Crippen LogP contribution in [0.25, 0.3) is 0 Å². The van der Waals surface area contributed by atoms with Crippen molar-refractivity contribution in [1.29, 1.82) is 0 Å². The van der Waals surface area contributed by atoms with Crippen molar-refractivity contribution in [3.8, 4) is 5.75 Å². The number of benzene rings is 2. The second-order valence-corrected chi connectivity index (χ2v) is 6.66. The minimum atomic E-state index is -0.668. The predicted molar refractivity (Wildman–Crippen MR) is 109 cm³/mol. The molecular weight excluding hydrogens is 376 g/mol. The van der Waals surface area contributed by atoms with Crippen LogP contribution in [0.3, 0.4) is 0 Å². The molecule has 2 aromatic carbocycles. The highest BCUT2D eigenvalue weighted by Crippen LogP contribution is 2.25. The summed E-state index contributed by atoms with van der Waals surface area (Å²) in [5.41, 5.74) is 0.923. The molecule has 0 saturated carbocycles. The summed E-state index contributed by atoms with van der Waals surface area (Å²) < 4.78 is 33.0. The molecule has 8 heteroatoms. The lowest BCUT2D eigenvalue weighted by molar-refractivity contribution is 0.415. The van der Waals surface area contributed by atoms with Crippen molar-refractivity contribution < 1.29 is 13.5 Å². The van der Waals surface area contributed by atoms with Crippen LogP contribution in [0.1, 0.15) is 0 Å². The molecule has 150 valence electrons. The molecule has 2 heterocycles. The van der Waals surface area contributed by atoms with E-state index in [9.17, 15) is 8.78 Å². The molecule has 0 bridgehead atoms. The number of piperazine rings is 1. The van der Waals surface area contributed by atoms with Crippen LogP contribution in [0.2, 0.25) is 0 Å². The van der Waals surface area contributed by atoms with Gasteiger partial charge in [-0.3, -0.25) is 0 Å². The van der Waals surface area contributed by atoms with Crippen molar-refractivity contribution in [2.45, 2.75) is 0 Å². The van der Waals surface area contributed by atoms with E-state index in [1.807, 2.05) is 24.3 Å². The van der Waals surface area contributed by atoms with Crippen molar-refractivity contribution in [3.05, 3.63) is 66.5 Å². The van der Waals surface area contributed by atoms with Gasteiger partial charge in [0.1, 0.15) is 41.0 Å². The number of nitrogens with one attached hydrogen (secondary N) is 1. The average Bonchev–Trinajstić information content (AvgIpc) is 2.77. The van der Waals surface area contributed by atoms with Gasteiger partial charge in [0.15, 0.2) is 0 Å². The van der Waals surface area contributed by atoms with Gasteiger partial charge >= 0.3 is 0 Å². The second-order valence-electron chi connectivity index (χ2n) is 6.66. The summed E-state index contributed by atoms with van der Waals surface area (Å²) in [5, 5.41) is 2.72. The molecule has 1 aliphatic heterocycles. The Labute approximate surface area is 167 Å². The number of anilines is 4. The van der Waals surface area contributed by atoms with Gasteiger partial charge in [-0.1, -0.05) is 6.07 Å². The first kappa shape index (κ1) is 18.9. The zero-order chi connectivity index (χ0) is 20.2. The third-order valence-corrected chi connectivity index (χ3v) is 4.91. The Morgan fingerprint density at radius 1 is 0.897 bits per heavy atom. The smallest absolute Gasteiger partial charge is 0.149 e. The van der Waals surface area contributed by atoms with E-state index in [0.717, 1.165) is 37.6 Å². The minimum absolute atomic E-state index is 0.221. The third kappa shape index (κ3) is 4.21. The van der Waals surface area contributed by atoms with E-state index in [4.69, 9.17) is 4.74 Å². The Bertz CT molecular complexity index is 955. The Kier molecular flexibility index (Phi) is 5.41. The van der Waals surface area contributed by atoms with Gasteiger partial charge in [-0.15, -0.1) is 0 Å². The number of aromatic nitrogens is 2. The molecule has 3 aromatic rings. The maximum absolute atomic E-state index is 13.9. The average molecular weight is 397 g/mol. The first-order valence-electron chi connectivity index (χ1n) is 9.31. The summed E-state index contributed by atoms with van der Waals surface area (Å²) in [5.74, 6) is 0.557. The van der Waals surface area contributed by atoms with Crippen LogP contribution in [0.5, 0.6) is 5.75 Å². The highest BCUT2D eigenvalue weighted by atomic mass is 19.1. The van der Waals surface area contributed by atoms with Crippen molar-refractivity contribution in [2.24, 2.45) is 0 Å². The molecule has 1 N–H and O–H groups in total. The second kappa shape index (κ2) is 8.30. The van der Waals surface area contributed by atoms with Crippen LogP contribution in [-0.2, 0) is 0 Å². The summed E-state index contributed by atoms with van der Waals surface area (Å²) in [6.45, 7) is 3.22. The van der Waals surface area contributed by atoms with E-state index >= 15 is 0 Å². The molecule has 0 aliphatic carbocycles. The number of para-hydroxylation sites is 1. The molecule has 1 saturated heterocycles. The molecule has 1 aliphatic rings. The lowest BCUT2D eigenvalue weighted by Crippen LogP contribution is -2.46. The zero-order valence-electron chi connectivity index (χ0n) is 16.0. The van der Waals surface area contributed by atoms with E-state index in [1.165, 1.54) is 24.5 Å². The molecule has 6 nitrogen and oxygen atoms in total. The number of hydrogen-bond donors (Lipinski definition) is 1. The number of methoxy groups -OCH3 is 1. The van der Waals surface area contributed by atoms with Crippen LogP contribution >= 0.6 is 0 Å². The lowest BCUT2D eigenvalue weighted by Gasteiger charge is -2.36. The Balaban J connectivity index is 1.43. The molecule has 0 amide bonds. The molecule has 4 rings (SSSR count). The van der Waals surface area contributed by atoms with Gasteiger partial charge < -0.3 is 19.9 Å². The molecule has 0 radical (unpaired) electrons. The molecular formula is C21H21F2N5O. The zero-order valence-corrected chi connectivity index (χ0v) is 16.0. The van der Waals surface area contributed by atoms with E-state index in [2.05, 4.69) is 25.1 Å². The number of nitrogens with zero attached hydrogens (tertiary/aromatic N) is 4. The summed E-state index contributed by atoms with van der Waals surface area (Å²) in [4.78, 5) is 12.8. The third-order valence-electron chi connectivity index (χ3n) is 4.91. The Hall–Kier alpha value is -3.42. The fourth-order valence-electron chi connectivity index (χ4n) is 3.32. The largest absolute Gasteiger partial charge is 0.497 e. The first-order valence-corrected chi connectivity index (χ1v) is 9.31. The highest BCUT2D eigenvalue weighted by molar-refractivity contribution is 5.61. The summed E-state index contributed by atoms with van der Waals surface area (Å²) in [6.07, 6.45) is 1.40. The number of rotatable bonds is 5. The number of halogens is 2. The Morgan fingerprint density at radius 2 is 1.55 bits per heavy atom. The molecule has 0 spiro atoms. The van der Waals surface area contributed by atoms with Crippen LogP contribution < -0.4 is 19.9 Å². The van der Waals surface area contributed by atoms with Gasteiger partial charge in [0.05, 0.1) is 7.11 Å². The van der Waals surface area contributed by atoms with Crippen molar-refractivity contribution >= 4 is 23.0 Å². The predicted octanol–water partition coefficient (Wildman–Crippen LogP) is 3.83. The van der Waals surface area contributed by atoms with Crippen molar-refractivity contribution in [3.63, 3.8) is 0 Å². The maximum atomic E-state index is 13.9. The van der Waals surface area contributed by atoms with Gasteiger partial charge in [-0.2, -0.15) is 0 Å². The Morgan fingerprint density at radius 3 is 2.21 bits per heavy atom. The van der Waals surface area contributed by atoms with E-state index in [-0.39, 0.29) is 5.69 Å². The van der Waals surface area contributed by atoms with Crippen LogP contribution in [-0.4, -0.2) is 43.3 Å². The van der Waals surface area contributed by atoms with Gasteiger partial charge in [-0.25, -0.2) is 18.7 Å². The summed E-state index contributed by atoms with van der Waals surface area (Å²) in [6, 6.07) is 13.4. The number of hydrogen-bond acceptors (Lipinski definition) is 6. The first-order chi connectivity index (χ1) is 14.1. The monoisotopic (exact) mass is 397 g/mol. The SMILES string of the molecule is COc1ccc(N2CCN(c3cc(Nc4c(F)cccc4F)ncn3)CC2)cc1. The molecule has 1 aromatic heterocycles. The van der Waals surface area contributed by atoms with Gasteiger partial charge in [0.2, 0.25) is 0 Å². The van der Waals surface area contributed by atoms with Gasteiger partial charge in [0, 0.05) is 37.9 Å². The van der Waals surface area contributed by atoms with E-state index in [0.29, 0.717) is 11.6 Å². The van der Waals surface area contributed by atoms with E-state index < -0.39 is 11.6 Å². The minimum Gasteiger partial charge on any atom is -0.497 e. The highest BCUT2D eigenvalue weighted by Gasteiger charge is 2.19. The topological polar surface area (TPSA) is 53.5 Å². The van der Waals surface area contributed by atoms with Crippen LogP contribution in [0, 0.1) is 11.6 Å². The molecule has 1 fully saturated rings. The molecule has 29 heavy (non-hydrogen) atoms. The number of ether oxygens (including phenoxy) is 1. The normalized spacial score (nSPS) is 14.0. The molecule has 0 atom stereocenters. The van der Waals surface area contributed by atoms with Gasteiger partial charge in [-0.05, 0) is 36.4 Å². The van der Waals surface area contributed by atoms with Crippen molar-refractivity contribution in [2.75, 3.05) is 48.4 Å². The molecule has 0 unspecified atom stereocenters. The lowest BCUT2D eigenvalue weighted by atomic mass is 10.2. The maximum Gasteiger partial charge on any atom is 0.149 e. The van der Waals surface area contributed by atoms with E-state index in [1.54, 1.807) is 13.2 Å². The quantitative estimate of drug-likeness (QED) is 0.706. The fourth-order valence-corrected chi connectivity index (χ4v) is 3.32. The van der Waals surface area contributed by atoms with Crippen LogP contribution in [0.15, 0.2) is 54.9 Å². The standard InChI is InChI=1S/C21H21F2N5O/c1-29-16-7-5-15(6-8-16)27-9-11-28(12-10-27)20-13-19(24-14-25-20)26-21-17(22)3-2-4-18(21)23/h2-8,13-14H,9-12H2,1H3,(H,24,25,26).